The molecule has 0 fully saturated rings. The van der Waals surface area contributed by atoms with Gasteiger partial charge in [0.1, 0.15) is 6.61 Å². The van der Waals surface area contributed by atoms with Crippen LogP contribution in [0.2, 0.25) is 0 Å². The number of unbranched alkanes of at least 4 members (excludes halogenated alkanes) is 25. The van der Waals surface area contributed by atoms with E-state index in [0.717, 1.165) is 83.5 Å². The Hall–Kier alpha value is -2.97. The van der Waals surface area contributed by atoms with Crippen molar-refractivity contribution in [2.75, 3.05) is 41.0 Å². The summed E-state index contributed by atoms with van der Waals surface area (Å²) < 4.78 is 17.4. The monoisotopic (exact) mass is 927 g/mol. The maximum atomic E-state index is 12.8. The Labute approximate surface area is 407 Å². The van der Waals surface area contributed by atoms with Crippen molar-refractivity contribution in [1.82, 2.24) is 0 Å². The second kappa shape index (κ2) is 48.5. The van der Waals surface area contributed by atoms with E-state index in [4.69, 9.17) is 14.2 Å². The first-order valence-corrected chi connectivity index (χ1v) is 27.3. The average molecular weight is 927 g/mol. The first-order chi connectivity index (χ1) is 32.1. The fourth-order valence-electron chi connectivity index (χ4n) is 8.00. The van der Waals surface area contributed by atoms with Gasteiger partial charge in [0.25, 0.3) is 0 Å². The Bertz CT molecular complexity index is 1260. The molecule has 2 unspecified atom stereocenters. The van der Waals surface area contributed by atoms with Crippen molar-refractivity contribution in [3.05, 3.63) is 60.8 Å². The number of hydrogen-bond acceptors (Lipinski definition) is 6. The third-order valence-corrected chi connectivity index (χ3v) is 12.2. The normalized spacial score (nSPS) is 13.3. The Morgan fingerprint density at radius 3 is 1.26 bits per heavy atom. The van der Waals surface area contributed by atoms with E-state index in [1.54, 1.807) is 0 Å². The molecule has 8 nitrogen and oxygen atoms in total. The summed E-state index contributed by atoms with van der Waals surface area (Å²) in [5.41, 5.74) is 0. The van der Waals surface area contributed by atoms with Gasteiger partial charge in [0.2, 0.25) is 0 Å². The Morgan fingerprint density at radius 2 is 0.848 bits per heavy atom. The zero-order valence-corrected chi connectivity index (χ0v) is 43.6. The van der Waals surface area contributed by atoms with E-state index in [-0.39, 0.29) is 36.2 Å². The van der Waals surface area contributed by atoms with Gasteiger partial charge in [0, 0.05) is 19.3 Å². The van der Waals surface area contributed by atoms with Gasteiger partial charge in [-0.1, -0.05) is 222 Å². The number of carboxylic acid groups (broad SMARTS) is 1. The Morgan fingerprint density at radius 1 is 0.470 bits per heavy atom. The molecule has 0 aliphatic carbocycles. The molecule has 0 saturated carbocycles. The van der Waals surface area contributed by atoms with Crippen LogP contribution < -0.4 is 0 Å². The van der Waals surface area contributed by atoms with Crippen molar-refractivity contribution in [3.63, 3.8) is 0 Å². The zero-order valence-electron chi connectivity index (χ0n) is 43.6. The lowest BCUT2D eigenvalue weighted by molar-refractivity contribution is -0.887. The van der Waals surface area contributed by atoms with Gasteiger partial charge >= 0.3 is 17.9 Å². The van der Waals surface area contributed by atoms with Crippen molar-refractivity contribution in [1.29, 1.82) is 0 Å². The van der Waals surface area contributed by atoms with Gasteiger partial charge in [-0.2, -0.15) is 0 Å². The largest absolute Gasteiger partial charge is 0.477 e. The van der Waals surface area contributed by atoms with Gasteiger partial charge in [-0.25, -0.2) is 4.79 Å². The number of ether oxygens (including phenoxy) is 3. The first kappa shape index (κ1) is 63.0. The lowest BCUT2D eigenvalue weighted by atomic mass is 10.0. The number of nitrogens with zero attached hydrogens (tertiary/aromatic N) is 1. The fourth-order valence-corrected chi connectivity index (χ4v) is 8.00. The highest BCUT2D eigenvalue weighted by Crippen LogP contribution is 2.16. The lowest BCUT2D eigenvalue weighted by Crippen LogP contribution is -2.50. The lowest BCUT2D eigenvalue weighted by Gasteiger charge is -2.31. The third-order valence-electron chi connectivity index (χ3n) is 12.2. The Balaban J connectivity index is 4.23. The van der Waals surface area contributed by atoms with E-state index in [2.05, 4.69) is 74.6 Å². The number of carbonyl (C=O) groups excluding carboxylic acids is 2. The molecule has 1 N–H and O–H groups in total. The van der Waals surface area contributed by atoms with Crippen molar-refractivity contribution in [2.24, 2.45) is 0 Å². The molecule has 0 amide bonds. The molecule has 0 bridgehead atoms. The second-order valence-corrected chi connectivity index (χ2v) is 19.5. The van der Waals surface area contributed by atoms with Crippen LogP contribution in [0.4, 0.5) is 0 Å². The van der Waals surface area contributed by atoms with Gasteiger partial charge < -0.3 is 23.8 Å². The number of hydrogen-bond donors (Lipinski definition) is 1. The molecule has 0 spiro atoms. The van der Waals surface area contributed by atoms with E-state index >= 15 is 0 Å². The van der Waals surface area contributed by atoms with Crippen LogP contribution in [0.15, 0.2) is 60.8 Å². The number of esters is 2. The number of aliphatic carboxylic acids is 1. The fraction of sp³-hybridized carbons (Fsp3) is 0.776. The first-order valence-electron chi connectivity index (χ1n) is 27.3. The SMILES string of the molecule is CC/C=C/C/C=C/C/C=C/C/C=C/C/C=C/CCCCCCCCC(=O)OC(COCCC(C(=O)O)[N+](C)(C)C)COC(=O)CCCCCCCCCCCCCCCCCCCCCC. The molecule has 0 aromatic heterocycles. The summed E-state index contributed by atoms with van der Waals surface area (Å²) in [5, 5.41) is 9.67. The standard InChI is InChI=1S/C58H103NO7/c1-6-8-10-12-14-16-18-20-22-24-26-28-29-31-33-35-37-39-41-43-45-47-49-57(61)66-54(52-64-51-50-55(58(62)63)59(3,4)5)53-65-56(60)48-46-44-42-40-38-36-34-32-30-27-25-23-21-19-17-15-13-11-9-7-2/h8,10,14,16,20,22,26,28,31,33,54-55H,6-7,9,11-13,15,17-19,21,23-25,27,29-30,32,34-53H2,1-5H3/p+1/b10-8+,16-14+,22-20+,28-26+,33-31+. The smallest absolute Gasteiger partial charge is 0.362 e. The van der Waals surface area contributed by atoms with Gasteiger partial charge in [0.15, 0.2) is 12.1 Å². The van der Waals surface area contributed by atoms with Gasteiger partial charge in [-0.05, 0) is 57.8 Å². The highest BCUT2D eigenvalue weighted by molar-refractivity contribution is 5.72. The van der Waals surface area contributed by atoms with Crippen LogP contribution in [0.25, 0.3) is 0 Å². The average Bonchev–Trinajstić information content (AvgIpc) is 3.28. The van der Waals surface area contributed by atoms with Crippen LogP contribution in [0, 0.1) is 0 Å². The van der Waals surface area contributed by atoms with E-state index in [0.29, 0.717) is 19.3 Å². The molecule has 0 heterocycles. The third kappa shape index (κ3) is 46.2. The molecular weight excluding hydrogens is 823 g/mol. The number of carboxylic acids is 1. The molecule has 0 aromatic carbocycles. The summed E-state index contributed by atoms with van der Waals surface area (Å²) in [6.07, 6.45) is 61.3. The summed E-state index contributed by atoms with van der Waals surface area (Å²) in [4.78, 5) is 37.2. The molecule has 0 saturated heterocycles. The molecule has 66 heavy (non-hydrogen) atoms. The number of quaternary nitrogens is 1. The molecule has 0 aliphatic rings. The van der Waals surface area contributed by atoms with E-state index in [1.165, 1.54) is 122 Å². The van der Waals surface area contributed by atoms with Crippen LogP contribution >= 0.6 is 0 Å². The van der Waals surface area contributed by atoms with Crippen molar-refractivity contribution < 1.29 is 38.2 Å². The number of carbonyl (C=O) groups is 3. The predicted molar refractivity (Wildman–Crippen MR) is 280 cm³/mol. The maximum Gasteiger partial charge on any atom is 0.362 e. The molecule has 0 aliphatic heterocycles. The summed E-state index contributed by atoms with van der Waals surface area (Å²) in [6.45, 7) is 4.64. The number of rotatable bonds is 49. The van der Waals surface area contributed by atoms with Gasteiger partial charge in [0.05, 0.1) is 34.4 Å². The van der Waals surface area contributed by atoms with Crippen LogP contribution in [0.1, 0.15) is 239 Å². The van der Waals surface area contributed by atoms with Crippen LogP contribution in [-0.4, -0.2) is 80.6 Å². The summed E-state index contributed by atoms with van der Waals surface area (Å²) in [6, 6.07) is -0.619. The van der Waals surface area contributed by atoms with Crippen LogP contribution in [0.5, 0.6) is 0 Å². The molecular formula is C58H104NO7+. The summed E-state index contributed by atoms with van der Waals surface area (Å²) in [7, 11) is 5.54. The minimum absolute atomic E-state index is 0.0553. The van der Waals surface area contributed by atoms with Gasteiger partial charge in [-0.15, -0.1) is 0 Å². The summed E-state index contributed by atoms with van der Waals surface area (Å²) in [5.74, 6) is -1.48. The number of likely N-dealkylation sites (N-methyl/N-ethyl adjacent to an activating group) is 1. The van der Waals surface area contributed by atoms with E-state index in [1.807, 2.05) is 21.1 Å². The second-order valence-electron chi connectivity index (χ2n) is 19.5. The minimum Gasteiger partial charge on any atom is -0.477 e. The summed E-state index contributed by atoms with van der Waals surface area (Å²) >= 11 is 0. The molecule has 0 aromatic rings. The molecule has 0 rings (SSSR count). The minimum atomic E-state index is -0.877. The quantitative estimate of drug-likeness (QED) is 0.0281. The van der Waals surface area contributed by atoms with Crippen molar-refractivity contribution >= 4 is 17.9 Å². The van der Waals surface area contributed by atoms with Crippen LogP contribution in [-0.2, 0) is 28.6 Å². The highest BCUT2D eigenvalue weighted by atomic mass is 16.6. The topological polar surface area (TPSA) is 99.1 Å². The zero-order chi connectivity index (χ0) is 48.4. The van der Waals surface area contributed by atoms with E-state index < -0.39 is 18.1 Å². The highest BCUT2D eigenvalue weighted by Gasteiger charge is 2.31. The van der Waals surface area contributed by atoms with Crippen molar-refractivity contribution in [2.45, 2.75) is 251 Å². The Kier molecular flexibility index (Phi) is 46.3. The predicted octanol–water partition coefficient (Wildman–Crippen LogP) is 16.1. The number of allylic oxidation sites excluding steroid dienone is 10. The van der Waals surface area contributed by atoms with Crippen LogP contribution in [0.3, 0.4) is 0 Å². The van der Waals surface area contributed by atoms with E-state index in [9.17, 15) is 19.5 Å². The van der Waals surface area contributed by atoms with Gasteiger partial charge in [-0.3, -0.25) is 9.59 Å². The maximum absolute atomic E-state index is 12.8. The molecule has 8 heteroatoms. The molecule has 382 valence electrons. The van der Waals surface area contributed by atoms with Crippen molar-refractivity contribution in [3.8, 4) is 0 Å². The molecule has 0 radical (unpaired) electrons. The molecule has 2 atom stereocenters.